The van der Waals surface area contributed by atoms with Gasteiger partial charge in [-0.3, -0.25) is 20.2 Å². The number of aromatic amines is 1. The van der Waals surface area contributed by atoms with E-state index in [2.05, 4.69) is 20.5 Å². The summed E-state index contributed by atoms with van der Waals surface area (Å²) >= 11 is 0. The molecule has 0 aliphatic rings. The van der Waals surface area contributed by atoms with Gasteiger partial charge in [0.1, 0.15) is 0 Å². The average Bonchev–Trinajstić information content (AvgIpc) is 3.13. The third-order valence-corrected chi connectivity index (χ3v) is 4.54. The van der Waals surface area contributed by atoms with Crippen LogP contribution in [0, 0.1) is 47.9 Å². The first-order valence-corrected chi connectivity index (χ1v) is 8.66. The van der Waals surface area contributed by atoms with Crippen LogP contribution in [0.3, 0.4) is 0 Å². The number of aliphatic imine (C=N–C) groups is 1. The summed E-state index contributed by atoms with van der Waals surface area (Å²) in [7, 11) is 0. The van der Waals surface area contributed by atoms with Crippen molar-refractivity contribution in [2.75, 3.05) is 0 Å². The Hall–Kier alpha value is -4.51. The van der Waals surface area contributed by atoms with Crippen molar-refractivity contribution in [3.05, 3.63) is 77.2 Å². The van der Waals surface area contributed by atoms with Gasteiger partial charge in [-0.25, -0.2) is 14.7 Å². The highest BCUT2D eigenvalue weighted by Gasteiger charge is 2.15. The number of aryl methyl sites for hydroxylation is 2. The first-order chi connectivity index (χ1) is 14.6. The topological polar surface area (TPSA) is 179 Å². The minimum Gasteiger partial charge on any atom is -0.258 e. The molecule has 0 saturated heterocycles. The number of rotatable bonds is 4. The van der Waals surface area contributed by atoms with Gasteiger partial charge in [0.15, 0.2) is 0 Å². The Morgan fingerprint density at radius 1 is 0.968 bits per heavy atom. The van der Waals surface area contributed by atoms with Crippen LogP contribution in [0.1, 0.15) is 22.3 Å². The molecule has 0 fully saturated rings. The predicted molar refractivity (Wildman–Crippen MR) is 108 cm³/mol. The van der Waals surface area contributed by atoms with Crippen LogP contribution in [0.25, 0.3) is 5.69 Å². The normalized spacial score (nSPS) is 9.94. The highest BCUT2D eigenvalue weighted by atomic mass is 16.6. The lowest BCUT2D eigenvalue weighted by Crippen LogP contribution is -2.17. The molecule has 13 nitrogen and oxygen atoms in total. The number of hydrogen-bond acceptors (Lipinski definition) is 9. The first-order valence-electron chi connectivity index (χ1n) is 8.66. The van der Waals surface area contributed by atoms with Crippen molar-refractivity contribution in [2.45, 2.75) is 27.7 Å². The Labute approximate surface area is 174 Å². The van der Waals surface area contributed by atoms with Gasteiger partial charge in [0.2, 0.25) is 6.08 Å². The van der Waals surface area contributed by atoms with Crippen LogP contribution in [0.15, 0.2) is 34.1 Å². The lowest BCUT2D eigenvalue weighted by molar-refractivity contribution is -0.385. The van der Waals surface area contributed by atoms with E-state index in [1.807, 2.05) is 0 Å². The molecule has 2 aromatic carbocycles. The Balaban J connectivity index is 0.000000225. The summed E-state index contributed by atoms with van der Waals surface area (Å²) in [4.78, 5) is 45.0. The molecular weight excluding hydrogens is 410 g/mol. The van der Waals surface area contributed by atoms with Crippen LogP contribution in [0.5, 0.6) is 0 Å². The van der Waals surface area contributed by atoms with Crippen LogP contribution in [0.4, 0.5) is 17.1 Å². The van der Waals surface area contributed by atoms with Crippen LogP contribution in [0.2, 0.25) is 0 Å². The zero-order chi connectivity index (χ0) is 23.3. The first kappa shape index (κ1) is 22.8. The lowest BCUT2D eigenvalue weighted by Gasteiger charge is -2.06. The molecule has 1 aromatic heterocycles. The van der Waals surface area contributed by atoms with Gasteiger partial charge in [0.25, 0.3) is 11.4 Å². The summed E-state index contributed by atoms with van der Waals surface area (Å²) in [6.07, 6.45) is 1.37. The highest BCUT2D eigenvalue weighted by Crippen LogP contribution is 2.27. The van der Waals surface area contributed by atoms with E-state index in [0.717, 1.165) is 21.4 Å². The fraction of sp³-hybridized carbons (Fsp3) is 0.222. The summed E-state index contributed by atoms with van der Waals surface area (Å²) < 4.78 is 0.995. The molecule has 160 valence electrons. The molecule has 13 heteroatoms. The number of benzene rings is 2. The number of H-pyrrole nitrogens is 1. The van der Waals surface area contributed by atoms with E-state index >= 15 is 0 Å². The van der Waals surface area contributed by atoms with E-state index in [9.17, 15) is 29.8 Å². The molecule has 0 aliphatic carbocycles. The standard InChI is InChI=1S/C9H9N5O3.C9H8N2O3/c1-5-3-7(14(16)17)4-8(6(5)2)13-9(15)10-11-12-13;1-6-3-8(11(13)14)4-9(7(6)2)10-5-12/h3-4H,1-2H3,(H,10,12,15);3-4H,1-2H3. The van der Waals surface area contributed by atoms with E-state index in [1.165, 1.54) is 30.3 Å². The Bertz CT molecular complexity index is 1270. The van der Waals surface area contributed by atoms with Gasteiger partial charge in [0.05, 0.1) is 21.2 Å². The van der Waals surface area contributed by atoms with Gasteiger partial charge in [-0.2, -0.15) is 9.67 Å². The van der Waals surface area contributed by atoms with Gasteiger partial charge in [0, 0.05) is 24.3 Å². The van der Waals surface area contributed by atoms with Crippen molar-refractivity contribution in [2.24, 2.45) is 4.99 Å². The summed E-state index contributed by atoms with van der Waals surface area (Å²) in [6, 6.07) is 5.45. The number of aromatic nitrogens is 4. The van der Waals surface area contributed by atoms with Gasteiger partial charge < -0.3 is 0 Å². The number of hydrogen-bond donors (Lipinski definition) is 1. The molecule has 0 spiro atoms. The molecule has 3 rings (SSSR count). The number of nitro groups is 2. The Morgan fingerprint density at radius 3 is 2.00 bits per heavy atom. The van der Waals surface area contributed by atoms with E-state index in [4.69, 9.17) is 0 Å². The second kappa shape index (κ2) is 9.33. The van der Waals surface area contributed by atoms with E-state index in [-0.39, 0.29) is 11.4 Å². The monoisotopic (exact) mass is 427 g/mol. The third kappa shape index (κ3) is 5.10. The smallest absolute Gasteiger partial charge is 0.258 e. The quantitative estimate of drug-likeness (QED) is 0.285. The van der Waals surface area contributed by atoms with Crippen molar-refractivity contribution in [1.29, 1.82) is 0 Å². The highest BCUT2D eigenvalue weighted by molar-refractivity contribution is 5.60. The molecule has 0 bridgehead atoms. The van der Waals surface area contributed by atoms with Gasteiger partial charge >= 0.3 is 5.69 Å². The fourth-order valence-corrected chi connectivity index (χ4v) is 2.60. The van der Waals surface area contributed by atoms with Crippen LogP contribution >= 0.6 is 0 Å². The minimum absolute atomic E-state index is 0.0675. The second-order valence-corrected chi connectivity index (χ2v) is 6.45. The molecule has 0 saturated carbocycles. The number of nitrogens with one attached hydrogen (secondary N) is 1. The SMILES string of the molecule is Cc1cc([N+](=O)[O-])cc(-n2nn[nH]c2=O)c1C.Cc1cc([N+](=O)[O-])cc(N=C=O)c1C. The number of non-ortho nitro benzene ring substituents is 2. The predicted octanol–water partition coefficient (Wildman–Crippen LogP) is 2.66. The van der Waals surface area contributed by atoms with E-state index < -0.39 is 15.5 Å². The van der Waals surface area contributed by atoms with Crippen LogP contribution in [-0.2, 0) is 4.79 Å². The van der Waals surface area contributed by atoms with Crippen molar-refractivity contribution in [3.8, 4) is 5.69 Å². The Kier molecular flexibility index (Phi) is 6.85. The molecule has 31 heavy (non-hydrogen) atoms. The molecule has 0 amide bonds. The van der Waals surface area contributed by atoms with Crippen LogP contribution < -0.4 is 5.69 Å². The second-order valence-electron chi connectivity index (χ2n) is 6.45. The zero-order valence-corrected chi connectivity index (χ0v) is 16.9. The maximum Gasteiger partial charge on any atom is 0.365 e. The largest absolute Gasteiger partial charge is 0.365 e. The Morgan fingerprint density at radius 2 is 1.52 bits per heavy atom. The van der Waals surface area contributed by atoms with E-state index in [1.54, 1.807) is 27.7 Å². The number of tetrazole rings is 1. The summed E-state index contributed by atoms with van der Waals surface area (Å²) in [6.45, 7) is 6.97. The van der Waals surface area contributed by atoms with E-state index in [0.29, 0.717) is 16.9 Å². The van der Waals surface area contributed by atoms with Crippen molar-refractivity contribution >= 4 is 23.1 Å². The molecule has 0 aliphatic heterocycles. The van der Waals surface area contributed by atoms with Gasteiger partial charge in [-0.15, -0.1) is 0 Å². The van der Waals surface area contributed by atoms with Gasteiger partial charge in [-0.05, 0) is 60.4 Å². The third-order valence-electron chi connectivity index (χ3n) is 4.54. The summed E-state index contributed by atoms with van der Waals surface area (Å²) in [5.41, 5.74) is 2.90. The molecule has 3 aromatic rings. The minimum atomic E-state index is -0.534. The van der Waals surface area contributed by atoms with Crippen molar-refractivity contribution in [1.82, 2.24) is 20.2 Å². The molecule has 1 N–H and O–H groups in total. The van der Waals surface area contributed by atoms with Gasteiger partial charge in [-0.1, -0.05) is 0 Å². The maximum absolute atomic E-state index is 11.4. The molecular formula is C18H17N7O6. The molecule has 0 unspecified atom stereocenters. The number of nitrogens with zero attached hydrogens (tertiary/aromatic N) is 6. The number of nitro benzene ring substituents is 2. The lowest BCUT2D eigenvalue weighted by atomic mass is 10.1. The van der Waals surface area contributed by atoms with Crippen molar-refractivity contribution < 1.29 is 14.6 Å². The zero-order valence-electron chi connectivity index (χ0n) is 16.9. The maximum atomic E-state index is 11.4. The van der Waals surface area contributed by atoms with Crippen LogP contribution in [-0.4, -0.2) is 36.1 Å². The summed E-state index contributed by atoms with van der Waals surface area (Å²) in [5, 5.41) is 30.3. The average molecular weight is 427 g/mol. The molecule has 1 heterocycles. The molecule has 0 atom stereocenters. The fourth-order valence-electron chi connectivity index (χ4n) is 2.60. The summed E-state index contributed by atoms with van der Waals surface area (Å²) in [5.74, 6) is 0. The number of isocyanates is 1. The van der Waals surface area contributed by atoms with Crippen molar-refractivity contribution in [3.63, 3.8) is 0 Å². The molecule has 0 radical (unpaired) electrons. The number of carbonyl (C=O) groups excluding carboxylic acids is 1.